The quantitative estimate of drug-likeness (QED) is 0.538. The number of aromatic nitrogens is 2. The molecule has 0 saturated carbocycles. The lowest BCUT2D eigenvalue weighted by Crippen LogP contribution is -2.15. The topological polar surface area (TPSA) is 65.1 Å². The zero-order valence-electron chi connectivity index (χ0n) is 11.0. The monoisotopic (exact) mass is 346 g/mol. The zero-order chi connectivity index (χ0) is 14.8. The van der Waals surface area contributed by atoms with Gasteiger partial charge in [-0.15, -0.1) is 0 Å². The van der Waals surface area contributed by atoms with Gasteiger partial charge in [0.05, 0.1) is 11.9 Å². The Morgan fingerprint density at radius 1 is 1.29 bits per heavy atom. The van der Waals surface area contributed by atoms with E-state index in [1.807, 2.05) is 30.3 Å². The fourth-order valence-electron chi connectivity index (χ4n) is 2.09. The van der Waals surface area contributed by atoms with Crippen molar-refractivity contribution in [3.8, 4) is 0 Å². The van der Waals surface area contributed by atoms with Crippen LogP contribution in [0.3, 0.4) is 0 Å². The molecule has 21 heavy (non-hydrogen) atoms. The van der Waals surface area contributed by atoms with Gasteiger partial charge < -0.3 is 4.42 Å². The van der Waals surface area contributed by atoms with Crippen LogP contribution in [0.25, 0.3) is 11.2 Å². The lowest BCUT2D eigenvalue weighted by Gasteiger charge is -2.02. The van der Waals surface area contributed by atoms with Crippen LogP contribution in [0.2, 0.25) is 0 Å². The minimum Gasteiger partial charge on any atom is -0.406 e. The molecule has 0 unspecified atom stereocenters. The molecular formula is C15H11BrN2O3. The second-order valence-electron chi connectivity index (χ2n) is 4.54. The highest BCUT2D eigenvalue weighted by Crippen LogP contribution is 2.14. The number of benzene rings is 1. The van der Waals surface area contributed by atoms with Crippen molar-refractivity contribution >= 4 is 32.9 Å². The first kappa shape index (κ1) is 13.8. The lowest BCUT2D eigenvalue weighted by molar-refractivity contribution is 0.102. The van der Waals surface area contributed by atoms with E-state index in [0.717, 1.165) is 5.56 Å². The Hall–Kier alpha value is -2.21. The molecular weight excluding hydrogens is 336 g/mol. The fourth-order valence-corrected chi connectivity index (χ4v) is 2.41. The van der Waals surface area contributed by atoms with Gasteiger partial charge in [0.25, 0.3) is 0 Å². The maximum atomic E-state index is 12.0. The summed E-state index contributed by atoms with van der Waals surface area (Å²) in [5.74, 6) is -0.590. The predicted octanol–water partition coefficient (Wildman–Crippen LogP) is 2.62. The number of Topliss-reactive ketones (excluding diaryl/α,β-unsaturated/α-hetero) is 1. The predicted molar refractivity (Wildman–Crippen MR) is 81.9 cm³/mol. The second kappa shape index (κ2) is 5.65. The number of carbonyl (C=O) groups is 1. The molecule has 0 bridgehead atoms. The Morgan fingerprint density at radius 2 is 2.05 bits per heavy atom. The number of oxazole rings is 1. The number of hydrogen-bond donors (Lipinski definition) is 0. The summed E-state index contributed by atoms with van der Waals surface area (Å²) < 4.78 is 6.64. The molecule has 0 aliphatic rings. The molecule has 3 rings (SSSR count). The molecule has 106 valence electrons. The van der Waals surface area contributed by atoms with Crippen molar-refractivity contribution < 1.29 is 9.21 Å². The van der Waals surface area contributed by atoms with Crippen LogP contribution in [0.4, 0.5) is 0 Å². The molecule has 0 spiro atoms. The van der Waals surface area contributed by atoms with E-state index in [9.17, 15) is 9.59 Å². The van der Waals surface area contributed by atoms with E-state index in [2.05, 4.69) is 20.9 Å². The third kappa shape index (κ3) is 2.67. The van der Waals surface area contributed by atoms with E-state index in [0.29, 0.717) is 23.3 Å². The molecule has 0 saturated heterocycles. The number of ketones is 1. The summed E-state index contributed by atoms with van der Waals surface area (Å²) in [6.07, 6.45) is 1.46. The van der Waals surface area contributed by atoms with Gasteiger partial charge in [0.1, 0.15) is 0 Å². The number of pyridine rings is 1. The van der Waals surface area contributed by atoms with E-state index >= 15 is 0 Å². The van der Waals surface area contributed by atoms with Crippen LogP contribution < -0.4 is 5.76 Å². The lowest BCUT2D eigenvalue weighted by atomic mass is 10.2. The second-order valence-corrected chi connectivity index (χ2v) is 5.10. The molecule has 0 amide bonds. The van der Waals surface area contributed by atoms with Crippen molar-refractivity contribution in [2.75, 3.05) is 5.33 Å². The number of alkyl halides is 1. The molecule has 5 nitrogen and oxygen atoms in total. The van der Waals surface area contributed by atoms with Gasteiger partial charge in [0.15, 0.2) is 17.0 Å². The van der Waals surface area contributed by atoms with Gasteiger partial charge in [-0.25, -0.2) is 9.78 Å². The summed E-state index contributed by atoms with van der Waals surface area (Å²) >= 11 is 3.10. The van der Waals surface area contributed by atoms with Crippen LogP contribution in [0.15, 0.2) is 51.8 Å². The summed E-state index contributed by atoms with van der Waals surface area (Å²) in [4.78, 5) is 27.8. The van der Waals surface area contributed by atoms with Crippen molar-refractivity contribution in [2.24, 2.45) is 0 Å². The number of rotatable bonds is 4. The van der Waals surface area contributed by atoms with Crippen LogP contribution in [0.5, 0.6) is 0 Å². The SMILES string of the molecule is O=C(CBr)c1cnc2c(c1)oc(=O)n2Cc1ccccc1. The molecule has 6 heteroatoms. The number of halogens is 1. The molecule has 0 aliphatic carbocycles. The van der Waals surface area contributed by atoms with Crippen LogP contribution >= 0.6 is 15.9 Å². The van der Waals surface area contributed by atoms with Crippen molar-refractivity contribution in [2.45, 2.75) is 6.54 Å². The summed E-state index contributed by atoms with van der Waals surface area (Å²) in [7, 11) is 0. The minimum atomic E-state index is -0.482. The Morgan fingerprint density at radius 3 is 2.76 bits per heavy atom. The third-order valence-electron chi connectivity index (χ3n) is 3.13. The number of carbonyl (C=O) groups excluding carboxylic acids is 1. The van der Waals surface area contributed by atoms with E-state index in [1.165, 1.54) is 10.8 Å². The van der Waals surface area contributed by atoms with Crippen molar-refractivity contribution in [3.63, 3.8) is 0 Å². The molecule has 0 aliphatic heterocycles. The molecule has 3 aromatic rings. The molecule has 2 heterocycles. The first-order valence-corrected chi connectivity index (χ1v) is 7.43. The maximum absolute atomic E-state index is 12.0. The highest BCUT2D eigenvalue weighted by atomic mass is 79.9. The van der Waals surface area contributed by atoms with Crippen molar-refractivity contribution in [1.82, 2.24) is 9.55 Å². The summed E-state index contributed by atoms with van der Waals surface area (Å²) in [5, 5.41) is 0.204. The fraction of sp³-hybridized carbons (Fsp3) is 0.133. The van der Waals surface area contributed by atoms with Gasteiger partial charge in [-0.3, -0.25) is 9.36 Å². The van der Waals surface area contributed by atoms with Crippen LogP contribution in [-0.4, -0.2) is 20.7 Å². The van der Waals surface area contributed by atoms with Crippen molar-refractivity contribution in [1.29, 1.82) is 0 Å². The van der Waals surface area contributed by atoms with E-state index in [-0.39, 0.29) is 11.1 Å². The Balaban J connectivity index is 2.06. The molecule has 1 aromatic carbocycles. The zero-order valence-corrected chi connectivity index (χ0v) is 12.5. The van der Waals surface area contributed by atoms with Gasteiger partial charge in [-0.2, -0.15) is 0 Å². The number of hydrogen-bond acceptors (Lipinski definition) is 4. The van der Waals surface area contributed by atoms with E-state index < -0.39 is 5.76 Å². The molecule has 0 radical (unpaired) electrons. The third-order valence-corrected chi connectivity index (χ3v) is 3.64. The minimum absolute atomic E-state index is 0.108. The highest BCUT2D eigenvalue weighted by molar-refractivity contribution is 9.09. The van der Waals surface area contributed by atoms with E-state index in [1.54, 1.807) is 6.07 Å². The molecule has 0 fully saturated rings. The highest BCUT2D eigenvalue weighted by Gasteiger charge is 2.14. The van der Waals surface area contributed by atoms with E-state index in [4.69, 9.17) is 4.42 Å². The average molecular weight is 347 g/mol. The average Bonchev–Trinajstić information content (AvgIpc) is 2.82. The van der Waals surface area contributed by atoms with Crippen LogP contribution in [0.1, 0.15) is 15.9 Å². The first-order chi connectivity index (χ1) is 10.2. The van der Waals surface area contributed by atoms with Gasteiger partial charge >= 0.3 is 5.76 Å². The van der Waals surface area contributed by atoms with Gasteiger partial charge in [0, 0.05) is 11.8 Å². The van der Waals surface area contributed by atoms with Gasteiger partial charge in [0.2, 0.25) is 0 Å². The Bertz CT molecular complexity index is 852. The number of nitrogens with zero attached hydrogens (tertiary/aromatic N) is 2. The molecule has 2 aromatic heterocycles. The standard InChI is InChI=1S/C15H11BrN2O3/c16-7-12(19)11-6-13-14(17-8-11)18(15(20)21-13)9-10-4-2-1-3-5-10/h1-6,8H,7,9H2. The molecule has 0 N–H and O–H groups in total. The van der Waals surface area contributed by atoms with Crippen LogP contribution in [-0.2, 0) is 6.54 Å². The van der Waals surface area contributed by atoms with Gasteiger partial charge in [-0.1, -0.05) is 46.3 Å². The number of fused-ring (bicyclic) bond motifs is 1. The first-order valence-electron chi connectivity index (χ1n) is 6.31. The summed E-state index contributed by atoms with van der Waals surface area (Å²) in [6, 6.07) is 11.1. The molecule has 0 atom stereocenters. The summed E-state index contributed by atoms with van der Waals surface area (Å²) in [5.41, 5.74) is 2.16. The Labute approximate surface area is 128 Å². The smallest absolute Gasteiger partial charge is 0.406 e. The van der Waals surface area contributed by atoms with Crippen LogP contribution in [0, 0.1) is 0 Å². The summed E-state index contributed by atoms with van der Waals surface area (Å²) in [6.45, 7) is 0.380. The van der Waals surface area contributed by atoms with Gasteiger partial charge in [-0.05, 0) is 11.6 Å². The largest absolute Gasteiger partial charge is 0.421 e. The van der Waals surface area contributed by atoms with Crippen molar-refractivity contribution in [3.05, 3.63) is 64.3 Å². The Kier molecular flexibility index (Phi) is 3.70. The maximum Gasteiger partial charge on any atom is 0.421 e. The normalized spacial score (nSPS) is 10.9.